The zero-order chi connectivity index (χ0) is 17.2. The molecule has 0 fully saturated rings. The molecule has 8 heteroatoms. The van der Waals surface area contributed by atoms with Crippen molar-refractivity contribution in [2.75, 3.05) is 10.8 Å². The number of rotatable bonds is 5. The molecule has 0 saturated heterocycles. The smallest absolute Gasteiger partial charge is 0.264 e. The van der Waals surface area contributed by atoms with Gasteiger partial charge in [0.1, 0.15) is 12.4 Å². The van der Waals surface area contributed by atoms with E-state index >= 15 is 0 Å². The molecule has 0 heterocycles. The van der Waals surface area contributed by atoms with E-state index in [4.69, 9.17) is 23.2 Å². The summed E-state index contributed by atoms with van der Waals surface area (Å²) in [5.74, 6) is -0.567. The van der Waals surface area contributed by atoms with Crippen molar-refractivity contribution in [1.82, 2.24) is 0 Å². The van der Waals surface area contributed by atoms with Gasteiger partial charge in [0.2, 0.25) is 5.24 Å². The fourth-order valence-electron chi connectivity index (χ4n) is 2.01. The summed E-state index contributed by atoms with van der Waals surface area (Å²) >= 11 is 11.4. The number of halogens is 3. The predicted molar refractivity (Wildman–Crippen MR) is 88.0 cm³/mol. The van der Waals surface area contributed by atoms with Crippen molar-refractivity contribution in [1.29, 1.82) is 0 Å². The molecule has 0 aromatic heterocycles. The van der Waals surface area contributed by atoms with Crippen LogP contribution in [0.5, 0.6) is 0 Å². The molecule has 0 aliphatic carbocycles. The Hall–Kier alpha value is -1.63. The number of carbonyl (C=O) groups is 1. The molecule has 23 heavy (non-hydrogen) atoms. The maximum atomic E-state index is 13.0. The minimum atomic E-state index is -4.10. The Balaban J connectivity index is 2.60. The lowest BCUT2D eigenvalue weighted by Gasteiger charge is -2.25. The SMILES string of the molecule is Cc1c(Cl)cccc1N(CC(=O)Cl)S(=O)(=O)c1ccc(F)cc1. The van der Waals surface area contributed by atoms with Gasteiger partial charge in [0.25, 0.3) is 10.0 Å². The standard InChI is InChI=1S/C15H12Cl2FNO3S/c1-10-13(16)3-2-4-14(10)19(9-15(17)20)23(21,22)12-7-5-11(18)6-8-12/h2-8H,9H2,1H3. The number of sulfonamides is 1. The molecule has 0 saturated carbocycles. The third kappa shape index (κ3) is 3.83. The Morgan fingerprint density at radius 1 is 1.17 bits per heavy atom. The molecule has 0 bridgehead atoms. The highest BCUT2D eigenvalue weighted by atomic mass is 35.5. The second-order valence-electron chi connectivity index (χ2n) is 4.70. The van der Waals surface area contributed by atoms with Gasteiger partial charge in [0.05, 0.1) is 10.6 Å². The fraction of sp³-hybridized carbons (Fsp3) is 0.133. The number of hydrogen-bond acceptors (Lipinski definition) is 3. The van der Waals surface area contributed by atoms with Crippen LogP contribution in [0.3, 0.4) is 0 Å². The molecule has 0 atom stereocenters. The normalized spacial score (nSPS) is 11.3. The average molecular weight is 376 g/mol. The Morgan fingerprint density at radius 2 is 1.78 bits per heavy atom. The molecule has 0 N–H and O–H groups in total. The van der Waals surface area contributed by atoms with Crippen LogP contribution in [0.15, 0.2) is 47.4 Å². The van der Waals surface area contributed by atoms with E-state index in [1.54, 1.807) is 19.1 Å². The van der Waals surface area contributed by atoms with Gasteiger partial charge in [-0.3, -0.25) is 9.10 Å². The van der Waals surface area contributed by atoms with Crippen LogP contribution in [0.2, 0.25) is 5.02 Å². The van der Waals surface area contributed by atoms with Crippen LogP contribution in [0.25, 0.3) is 0 Å². The molecule has 2 rings (SSSR count). The zero-order valence-electron chi connectivity index (χ0n) is 12.0. The lowest BCUT2D eigenvalue weighted by Crippen LogP contribution is -2.35. The van der Waals surface area contributed by atoms with Crippen LogP contribution < -0.4 is 4.31 Å². The van der Waals surface area contributed by atoms with Gasteiger partial charge >= 0.3 is 0 Å². The van der Waals surface area contributed by atoms with Gasteiger partial charge < -0.3 is 0 Å². The molecule has 0 aliphatic rings. The third-order valence-corrected chi connectivity index (χ3v) is 5.48. The molecule has 4 nitrogen and oxygen atoms in total. The van der Waals surface area contributed by atoms with Crippen LogP contribution in [0.1, 0.15) is 5.56 Å². The lowest BCUT2D eigenvalue weighted by molar-refractivity contribution is -0.110. The van der Waals surface area contributed by atoms with Gasteiger partial charge in [-0.25, -0.2) is 12.8 Å². The highest BCUT2D eigenvalue weighted by Crippen LogP contribution is 2.31. The Kier molecular flexibility index (Phi) is 5.29. The van der Waals surface area contributed by atoms with Crippen molar-refractivity contribution in [3.8, 4) is 0 Å². The number of benzene rings is 2. The monoisotopic (exact) mass is 375 g/mol. The van der Waals surface area contributed by atoms with E-state index in [0.717, 1.165) is 28.6 Å². The Bertz CT molecular complexity index is 838. The summed E-state index contributed by atoms with van der Waals surface area (Å²) in [6.07, 6.45) is 0. The van der Waals surface area contributed by atoms with Crippen molar-refractivity contribution in [3.05, 3.63) is 58.9 Å². The zero-order valence-corrected chi connectivity index (χ0v) is 14.3. The minimum Gasteiger partial charge on any atom is -0.279 e. The van der Waals surface area contributed by atoms with E-state index in [1.165, 1.54) is 6.07 Å². The Morgan fingerprint density at radius 3 is 2.35 bits per heavy atom. The molecule has 0 aliphatic heterocycles. The molecule has 0 unspecified atom stereocenters. The second kappa shape index (κ2) is 6.86. The number of hydrogen-bond donors (Lipinski definition) is 0. The van der Waals surface area contributed by atoms with Gasteiger partial charge in [-0.2, -0.15) is 0 Å². The first-order valence-corrected chi connectivity index (χ1v) is 8.65. The van der Waals surface area contributed by atoms with Gasteiger partial charge in [0.15, 0.2) is 0 Å². The van der Waals surface area contributed by atoms with E-state index < -0.39 is 27.6 Å². The predicted octanol–water partition coefficient (Wildman–Crippen LogP) is 3.75. The number of anilines is 1. The van der Waals surface area contributed by atoms with Crippen molar-refractivity contribution < 1.29 is 17.6 Å². The molecule has 0 spiro atoms. The third-order valence-electron chi connectivity index (χ3n) is 3.18. The summed E-state index contributed by atoms with van der Waals surface area (Å²) in [4.78, 5) is 11.2. The lowest BCUT2D eigenvalue weighted by atomic mass is 10.2. The highest BCUT2D eigenvalue weighted by molar-refractivity contribution is 7.92. The molecular weight excluding hydrogens is 364 g/mol. The van der Waals surface area contributed by atoms with Crippen molar-refractivity contribution in [3.63, 3.8) is 0 Å². The maximum Gasteiger partial charge on any atom is 0.264 e. The molecule has 2 aromatic rings. The Labute approximate surface area is 143 Å². The van der Waals surface area contributed by atoms with Crippen LogP contribution in [0.4, 0.5) is 10.1 Å². The van der Waals surface area contributed by atoms with E-state index in [1.807, 2.05) is 0 Å². The van der Waals surface area contributed by atoms with Crippen molar-refractivity contribution in [2.45, 2.75) is 11.8 Å². The molecule has 122 valence electrons. The van der Waals surface area contributed by atoms with E-state index in [9.17, 15) is 17.6 Å². The first-order chi connectivity index (χ1) is 10.7. The number of carbonyl (C=O) groups excluding carboxylic acids is 1. The molecule has 0 amide bonds. The van der Waals surface area contributed by atoms with Crippen LogP contribution in [-0.4, -0.2) is 20.2 Å². The quantitative estimate of drug-likeness (QED) is 0.747. The van der Waals surface area contributed by atoms with Crippen LogP contribution in [-0.2, 0) is 14.8 Å². The fourth-order valence-corrected chi connectivity index (χ4v) is 3.85. The van der Waals surface area contributed by atoms with Gasteiger partial charge in [0, 0.05) is 5.02 Å². The highest BCUT2D eigenvalue weighted by Gasteiger charge is 2.28. The first kappa shape index (κ1) is 17.7. The van der Waals surface area contributed by atoms with E-state index in [2.05, 4.69) is 0 Å². The molecule has 0 radical (unpaired) electrons. The largest absolute Gasteiger partial charge is 0.279 e. The summed E-state index contributed by atoms with van der Waals surface area (Å²) in [6.45, 7) is 1.06. The summed E-state index contributed by atoms with van der Waals surface area (Å²) in [5.41, 5.74) is 0.716. The summed E-state index contributed by atoms with van der Waals surface area (Å²) in [7, 11) is -4.10. The molecular formula is C15H12Cl2FNO3S. The molecule has 2 aromatic carbocycles. The van der Waals surface area contributed by atoms with Crippen LogP contribution >= 0.6 is 23.2 Å². The average Bonchev–Trinajstić information content (AvgIpc) is 2.48. The topological polar surface area (TPSA) is 54.5 Å². The maximum absolute atomic E-state index is 13.0. The second-order valence-corrected chi connectivity index (χ2v) is 7.40. The van der Waals surface area contributed by atoms with Gasteiger partial charge in [-0.1, -0.05) is 17.7 Å². The first-order valence-electron chi connectivity index (χ1n) is 6.45. The van der Waals surface area contributed by atoms with E-state index in [-0.39, 0.29) is 10.6 Å². The number of nitrogens with zero attached hydrogens (tertiary/aromatic N) is 1. The summed E-state index contributed by atoms with van der Waals surface area (Å²) in [6, 6.07) is 8.98. The van der Waals surface area contributed by atoms with Crippen LogP contribution in [0, 0.1) is 12.7 Å². The summed E-state index contributed by atoms with van der Waals surface area (Å²) < 4.78 is 39.5. The van der Waals surface area contributed by atoms with Crippen molar-refractivity contribution >= 4 is 44.2 Å². The summed E-state index contributed by atoms with van der Waals surface area (Å²) in [5, 5.41) is -0.501. The van der Waals surface area contributed by atoms with Gasteiger partial charge in [-0.05, 0) is 60.5 Å². The minimum absolute atomic E-state index is 0.156. The van der Waals surface area contributed by atoms with E-state index in [0.29, 0.717) is 10.6 Å². The van der Waals surface area contributed by atoms with Crippen molar-refractivity contribution in [2.24, 2.45) is 0 Å². The van der Waals surface area contributed by atoms with Gasteiger partial charge in [-0.15, -0.1) is 0 Å².